The van der Waals surface area contributed by atoms with Crippen LogP contribution in [0.1, 0.15) is 73.6 Å². The highest BCUT2D eigenvalue weighted by molar-refractivity contribution is 5.94. The number of halogens is 1. The van der Waals surface area contributed by atoms with Gasteiger partial charge in [0, 0.05) is 23.7 Å². The summed E-state index contributed by atoms with van der Waals surface area (Å²) in [5.74, 6) is -1.26. The summed E-state index contributed by atoms with van der Waals surface area (Å²) in [6.07, 6.45) is 3.15. The smallest absolute Gasteiger partial charge is 0.248 e. The fourth-order valence-corrected chi connectivity index (χ4v) is 7.09. The third kappa shape index (κ3) is 6.19. The maximum atomic E-state index is 13.9. The third-order valence-electron chi connectivity index (χ3n) is 9.32. The van der Waals surface area contributed by atoms with Crippen LogP contribution in [-0.2, 0) is 29.5 Å². The van der Waals surface area contributed by atoms with Crippen molar-refractivity contribution in [2.45, 2.75) is 56.0 Å². The standard InChI is InChI=1S/C34H34FN9O3/c35-25-9-3-20(4-10-25)14-26(39-19-30(45)44-13-1-2-27(44)18-36)17-34(33-40-42-43-41-33)28-11-7-23(31(37)46)15-21(28)5-6-22-16-24(32(38)47)8-12-29(22)34/h3-4,7-12,15-16,26-27,39H,1-2,5-6,13-14,17,19H2,(H2,37,46)(H2,38,47)(H,40,41,42,43)/t26-,27-/m0/s1. The van der Waals surface area contributed by atoms with Crippen LogP contribution in [0.15, 0.2) is 60.7 Å². The average Bonchev–Trinajstić information content (AvgIpc) is 3.77. The van der Waals surface area contributed by atoms with Gasteiger partial charge in [-0.3, -0.25) is 14.4 Å². The van der Waals surface area contributed by atoms with E-state index in [1.165, 1.54) is 12.1 Å². The molecule has 4 aromatic rings. The highest BCUT2D eigenvalue weighted by Crippen LogP contribution is 2.47. The Morgan fingerprint density at radius 2 is 1.66 bits per heavy atom. The predicted molar refractivity (Wildman–Crippen MR) is 168 cm³/mol. The van der Waals surface area contributed by atoms with E-state index in [0.29, 0.717) is 55.6 Å². The maximum Gasteiger partial charge on any atom is 0.248 e. The Balaban J connectivity index is 1.50. The molecule has 0 unspecified atom stereocenters. The first-order chi connectivity index (χ1) is 22.7. The minimum absolute atomic E-state index is 0.0320. The quantitative estimate of drug-likeness (QED) is 0.203. The number of benzene rings is 3. The van der Waals surface area contributed by atoms with E-state index in [1.54, 1.807) is 41.3 Å². The molecule has 0 radical (unpaired) electrons. The van der Waals surface area contributed by atoms with Gasteiger partial charge in [-0.2, -0.15) is 5.26 Å². The molecule has 1 aromatic heterocycles. The predicted octanol–water partition coefficient (Wildman–Crippen LogP) is 2.08. The molecule has 47 heavy (non-hydrogen) atoms. The molecule has 1 aliphatic carbocycles. The van der Waals surface area contributed by atoms with Gasteiger partial charge in [0.05, 0.1) is 18.0 Å². The summed E-state index contributed by atoms with van der Waals surface area (Å²) < 4.78 is 13.9. The van der Waals surface area contributed by atoms with Crippen molar-refractivity contribution in [1.29, 1.82) is 5.26 Å². The van der Waals surface area contributed by atoms with Crippen molar-refractivity contribution >= 4 is 17.7 Å². The lowest BCUT2D eigenvalue weighted by atomic mass is 9.67. The number of tetrazole rings is 1. The van der Waals surface area contributed by atoms with Gasteiger partial charge in [-0.1, -0.05) is 24.3 Å². The molecule has 2 aliphatic rings. The molecule has 2 atom stereocenters. The SMILES string of the molecule is N#C[C@@H]1CCCN1C(=O)CN[C@@H](Cc1ccc(F)cc1)CC1(c2nnn[nH]2)c2ccc(C(N)=O)cc2CCc2cc(C(N)=O)ccc21. The number of aromatic nitrogens is 4. The van der Waals surface area contributed by atoms with Crippen LogP contribution < -0.4 is 16.8 Å². The summed E-state index contributed by atoms with van der Waals surface area (Å²) in [4.78, 5) is 39.5. The Morgan fingerprint density at radius 1 is 1.02 bits per heavy atom. The number of rotatable bonds is 10. The summed E-state index contributed by atoms with van der Waals surface area (Å²) in [6.45, 7) is 0.482. The number of hydrogen-bond acceptors (Lipinski definition) is 8. The Kier molecular flexibility index (Phi) is 8.78. The lowest BCUT2D eigenvalue weighted by Gasteiger charge is -2.38. The van der Waals surface area contributed by atoms with Crippen molar-refractivity contribution in [3.8, 4) is 6.07 Å². The second-order valence-electron chi connectivity index (χ2n) is 12.1. The number of aromatic amines is 1. The summed E-state index contributed by atoms with van der Waals surface area (Å²) in [7, 11) is 0. The molecule has 13 heteroatoms. The summed E-state index contributed by atoms with van der Waals surface area (Å²) in [6, 6.07) is 18.1. The van der Waals surface area contributed by atoms with Crippen LogP contribution >= 0.6 is 0 Å². The molecule has 0 spiro atoms. The number of primary amides is 2. The Morgan fingerprint density at radius 3 is 2.21 bits per heavy atom. The van der Waals surface area contributed by atoms with Gasteiger partial charge >= 0.3 is 0 Å². The van der Waals surface area contributed by atoms with Gasteiger partial charge in [0.1, 0.15) is 11.9 Å². The molecule has 0 bridgehead atoms. The largest absolute Gasteiger partial charge is 0.366 e. The number of carbonyl (C=O) groups is 3. The Hall–Kier alpha value is -5.48. The highest BCUT2D eigenvalue weighted by atomic mass is 19.1. The number of carbonyl (C=O) groups excluding carboxylic acids is 3. The fourth-order valence-electron chi connectivity index (χ4n) is 7.09. The highest BCUT2D eigenvalue weighted by Gasteiger charge is 2.46. The van der Waals surface area contributed by atoms with Crippen LogP contribution in [0.2, 0.25) is 0 Å². The minimum Gasteiger partial charge on any atom is -0.366 e. The van der Waals surface area contributed by atoms with E-state index in [0.717, 1.165) is 34.2 Å². The first kappa shape index (κ1) is 31.5. The zero-order valence-corrected chi connectivity index (χ0v) is 25.6. The number of aryl methyl sites for hydroxylation is 2. The molecule has 12 nitrogen and oxygen atoms in total. The molecule has 2 heterocycles. The van der Waals surface area contributed by atoms with Gasteiger partial charge in [0.2, 0.25) is 17.7 Å². The summed E-state index contributed by atoms with van der Waals surface area (Å²) in [5, 5.41) is 28.3. The molecule has 1 saturated heterocycles. The van der Waals surface area contributed by atoms with Crippen molar-refractivity contribution in [2.75, 3.05) is 13.1 Å². The van der Waals surface area contributed by atoms with Crippen molar-refractivity contribution in [3.05, 3.63) is 111 Å². The number of fused-ring (bicyclic) bond motifs is 2. The molecular formula is C34H34FN9O3. The molecule has 1 fully saturated rings. The summed E-state index contributed by atoms with van der Waals surface area (Å²) in [5.41, 5.74) is 15.2. The van der Waals surface area contributed by atoms with Gasteiger partial charge in [-0.15, -0.1) is 5.10 Å². The van der Waals surface area contributed by atoms with E-state index in [9.17, 15) is 24.0 Å². The molecule has 3 amide bonds. The number of amides is 3. The monoisotopic (exact) mass is 635 g/mol. The van der Waals surface area contributed by atoms with Crippen molar-refractivity contribution in [1.82, 2.24) is 30.8 Å². The van der Waals surface area contributed by atoms with E-state index < -0.39 is 29.3 Å². The topological polar surface area (TPSA) is 197 Å². The first-order valence-electron chi connectivity index (χ1n) is 15.5. The number of nitrogens with two attached hydrogens (primary N) is 2. The molecule has 6 N–H and O–H groups in total. The van der Waals surface area contributed by atoms with Crippen LogP contribution in [0, 0.1) is 17.1 Å². The third-order valence-corrected chi connectivity index (χ3v) is 9.32. The lowest BCUT2D eigenvalue weighted by molar-refractivity contribution is -0.130. The number of H-pyrrole nitrogens is 1. The zero-order chi connectivity index (χ0) is 33.1. The van der Waals surface area contributed by atoms with Crippen LogP contribution in [0.5, 0.6) is 0 Å². The molecule has 0 saturated carbocycles. The van der Waals surface area contributed by atoms with E-state index in [2.05, 4.69) is 32.0 Å². The second kappa shape index (κ2) is 13.1. The molecule has 1 aliphatic heterocycles. The van der Waals surface area contributed by atoms with Gasteiger partial charge < -0.3 is 21.7 Å². The average molecular weight is 636 g/mol. The van der Waals surface area contributed by atoms with Crippen LogP contribution in [0.25, 0.3) is 0 Å². The van der Waals surface area contributed by atoms with Gasteiger partial charge in [-0.25, -0.2) is 9.49 Å². The summed E-state index contributed by atoms with van der Waals surface area (Å²) >= 11 is 0. The van der Waals surface area contributed by atoms with E-state index in [-0.39, 0.29) is 18.3 Å². The van der Waals surface area contributed by atoms with Crippen molar-refractivity contribution in [2.24, 2.45) is 11.5 Å². The number of nitrogens with zero attached hydrogens (tertiary/aromatic N) is 5. The van der Waals surface area contributed by atoms with E-state index >= 15 is 0 Å². The second-order valence-corrected chi connectivity index (χ2v) is 12.1. The normalized spacial score (nSPS) is 17.2. The maximum absolute atomic E-state index is 13.9. The van der Waals surface area contributed by atoms with Crippen LogP contribution in [0.4, 0.5) is 4.39 Å². The molecular weight excluding hydrogens is 601 g/mol. The number of nitriles is 1. The van der Waals surface area contributed by atoms with E-state index in [1.807, 2.05) is 12.1 Å². The Bertz CT molecular complexity index is 1790. The van der Waals surface area contributed by atoms with Gasteiger partial charge in [-0.05, 0) is 113 Å². The minimum atomic E-state index is -1.07. The first-order valence-corrected chi connectivity index (χ1v) is 15.5. The molecule has 3 aromatic carbocycles. The fraction of sp³-hybridized carbons (Fsp3) is 0.324. The van der Waals surface area contributed by atoms with Gasteiger partial charge in [0.15, 0.2) is 5.82 Å². The van der Waals surface area contributed by atoms with Crippen LogP contribution in [0.3, 0.4) is 0 Å². The molecule has 6 rings (SSSR count). The van der Waals surface area contributed by atoms with Gasteiger partial charge in [0.25, 0.3) is 0 Å². The number of hydrogen-bond donors (Lipinski definition) is 4. The number of nitrogens with one attached hydrogen (secondary N) is 2. The molecule has 240 valence electrons. The number of likely N-dealkylation sites (tertiary alicyclic amines) is 1. The van der Waals surface area contributed by atoms with E-state index in [4.69, 9.17) is 11.5 Å². The van der Waals surface area contributed by atoms with Crippen molar-refractivity contribution < 1.29 is 18.8 Å². The van der Waals surface area contributed by atoms with Crippen molar-refractivity contribution in [3.63, 3.8) is 0 Å². The van der Waals surface area contributed by atoms with Crippen LogP contribution in [-0.4, -0.2) is 68.4 Å². The lowest BCUT2D eigenvalue weighted by Crippen LogP contribution is -2.47. The Labute approximate surface area is 270 Å². The zero-order valence-electron chi connectivity index (χ0n) is 25.6.